The van der Waals surface area contributed by atoms with Crippen molar-refractivity contribution < 1.29 is 9.53 Å². The predicted octanol–water partition coefficient (Wildman–Crippen LogP) is 6.54. The van der Waals surface area contributed by atoms with Gasteiger partial charge in [-0.15, -0.1) is 11.8 Å². The Kier molecular flexibility index (Phi) is 12.5. The van der Waals surface area contributed by atoms with E-state index in [0.29, 0.717) is 12.5 Å². The summed E-state index contributed by atoms with van der Waals surface area (Å²) in [4.78, 5) is 12.9. The van der Waals surface area contributed by atoms with Gasteiger partial charge in [0.1, 0.15) is 0 Å². The van der Waals surface area contributed by atoms with E-state index in [1.54, 1.807) is 0 Å². The molecule has 0 unspecified atom stereocenters. The summed E-state index contributed by atoms with van der Waals surface area (Å²) in [6.07, 6.45) is 18.5. The fourth-order valence-electron chi connectivity index (χ4n) is 1.92. The average molecular weight is 383 g/mol. The van der Waals surface area contributed by atoms with Crippen molar-refractivity contribution in [1.82, 2.24) is 0 Å². The number of hydrogen-bond acceptors (Lipinski definition) is 3. The quantitative estimate of drug-likeness (QED) is 0.143. The van der Waals surface area contributed by atoms with Crippen molar-refractivity contribution in [3.63, 3.8) is 0 Å². The van der Waals surface area contributed by atoms with Crippen molar-refractivity contribution in [3.8, 4) is 0 Å². The van der Waals surface area contributed by atoms with Crippen LogP contribution in [0.2, 0.25) is 0 Å². The molecule has 0 aliphatic heterocycles. The summed E-state index contributed by atoms with van der Waals surface area (Å²) in [5.74, 6) is 1.15. The molecule has 3 heteroatoms. The molecule has 0 bridgehead atoms. The molecule has 0 aliphatic carbocycles. The second kappa shape index (κ2) is 14.9. The Morgan fingerprint density at radius 3 is 2.41 bits per heavy atom. The molecular formula is C24H30O2S. The molecule has 0 radical (unpaired) electrons. The molecule has 0 aliphatic rings. The number of esters is 1. The highest BCUT2D eigenvalue weighted by Crippen LogP contribution is 2.17. The van der Waals surface area contributed by atoms with E-state index in [9.17, 15) is 4.79 Å². The standard InChI is InChI=1S/C24H30O2S/c1-21(2)20-26-24(25)19-22(3)15-11-8-6-4-5-7-9-14-18-27-23-16-12-10-13-17-23/h4-13,15-17,19,21H,14,18,20H2,1-3H3/b5-4+,8-6+,9-7+,15-11+,22-19+. The summed E-state index contributed by atoms with van der Waals surface area (Å²) in [6.45, 7) is 6.37. The number of carbonyl (C=O) groups is 1. The minimum absolute atomic E-state index is 0.287. The Morgan fingerprint density at radius 2 is 1.70 bits per heavy atom. The van der Waals surface area contributed by atoms with Gasteiger partial charge in [0.15, 0.2) is 0 Å². The third-order valence-corrected chi connectivity index (χ3v) is 4.30. The summed E-state index contributed by atoms with van der Waals surface area (Å²) in [5.41, 5.74) is 0.869. The van der Waals surface area contributed by atoms with Gasteiger partial charge >= 0.3 is 5.97 Å². The Hall–Kier alpha value is -2.26. The van der Waals surface area contributed by atoms with Crippen molar-refractivity contribution in [2.45, 2.75) is 32.1 Å². The summed E-state index contributed by atoms with van der Waals surface area (Å²) in [5, 5.41) is 0. The molecule has 0 saturated carbocycles. The number of thioether (sulfide) groups is 1. The molecule has 0 atom stereocenters. The minimum atomic E-state index is -0.287. The smallest absolute Gasteiger partial charge is 0.331 e. The first-order chi connectivity index (χ1) is 13.1. The number of allylic oxidation sites excluding steroid dienone is 9. The van der Waals surface area contributed by atoms with E-state index >= 15 is 0 Å². The Bertz CT molecular complexity index is 680. The van der Waals surface area contributed by atoms with Crippen molar-refractivity contribution >= 4 is 17.7 Å². The highest BCUT2D eigenvalue weighted by atomic mass is 32.2. The minimum Gasteiger partial charge on any atom is -0.462 e. The summed E-state index contributed by atoms with van der Waals surface area (Å²) in [7, 11) is 0. The van der Waals surface area contributed by atoms with Gasteiger partial charge in [0.2, 0.25) is 0 Å². The molecular weight excluding hydrogens is 352 g/mol. The first-order valence-corrected chi connectivity index (χ1v) is 10.3. The zero-order valence-electron chi connectivity index (χ0n) is 16.5. The maximum absolute atomic E-state index is 11.5. The van der Waals surface area contributed by atoms with Gasteiger partial charge in [-0.05, 0) is 37.0 Å². The van der Waals surface area contributed by atoms with Crippen LogP contribution >= 0.6 is 11.8 Å². The molecule has 1 rings (SSSR count). The molecule has 1 aromatic rings. The third-order valence-electron chi connectivity index (χ3n) is 3.25. The summed E-state index contributed by atoms with van der Waals surface area (Å²) >= 11 is 1.87. The Labute approximate surface area is 168 Å². The average Bonchev–Trinajstić information content (AvgIpc) is 2.65. The summed E-state index contributed by atoms with van der Waals surface area (Å²) in [6, 6.07) is 10.4. The van der Waals surface area contributed by atoms with E-state index < -0.39 is 0 Å². The molecule has 1 aromatic carbocycles. The van der Waals surface area contributed by atoms with Gasteiger partial charge in [-0.2, -0.15) is 0 Å². The van der Waals surface area contributed by atoms with Gasteiger partial charge in [-0.3, -0.25) is 0 Å². The van der Waals surface area contributed by atoms with E-state index in [0.717, 1.165) is 17.7 Å². The molecule has 0 fully saturated rings. The van der Waals surface area contributed by atoms with Gasteiger partial charge in [0, 0.05) is 16.7 Å². The van der Waals surface area contributed by atoms with Crippen molar-refractivity contribution in [1.29, 1.82) is 0 Å². The lowest BCUT2D eigenvalue weighted by Crippen LogP contribution is -2.07. The molecule has 144 valence electrons. The number of carbonyl (C=O) groups excluding carboxylic acids is 1. The Balaban J connectivity index is 2.19. The third kappa shape index (κ3) is 13.6. The predicted molar refractivity (Wildman–Crippen MR) is 118 cm³/mol. The van der Waals surface area contributed by atoms with Crippen LogP contribution in [-0.2, 0) is 9.53 Å². The van der Waals surface area contributed by atoms with Gasteiger partial charge in [0.25, 0.3) is 0 Å². The maximum Gasteiger partial charge on any atom is 0.331 e. The van der Waals surface area contributed by atoms with E-state index in [-0.39, 0.29) is 5.97 Å². The van der Waals surface area contributed by atoms with Crippen molar-refractivity contribution in [2.75, 3.05) is 12.4 Å². The van der Waals surface area contributed by atoms with Crippen LogP contribution in [0.5, 0.6) is 0 Å². The van der Waals surface area contributed by atoms with Crippen LogP contribution in [0.15, 0.2) is 95.5 Å². The van der Waals surface area contributed by atoms with E-state index in [4.69, 9.17) is 4.74 Å². The molecule has 0 N–H and O–H groups in total. The number of benzene rings is 1. The van der Waals surface area contributed by atoms with Gasteiger partial charge < -0.3 is 4.74 Å². The second-order valence-electron chi connectivity index (χ2n) is 6.42. The van der Waals surface area contributed by atoms with Crippen molar-refractivity contribution in [3.05, 3.63) is 90.6 Å². The van der Waals surface area contributed by atoms with E-state index in [1.165, 1.54) is 11.0 Å². The zero-order chi connectivity index (χ0) is 19.7. The normalized spacial score (nSPS) is 13.0. The van der Waals surface area contributed by atoms with Crippen LogP contribution in [0.4, 0.5) is 0 Å². The second-order valence-corrected chi connectivity index (χ2v) is 7.59. The lowest BCUT2D eigenvalue weighted by atomic mass is 10.2. The molecule has 27 heavy (non-hydrogen) atoms. The lowest BCUT2D eigenvalue weighted by Gasteiger charge is -2.04. The van der Waals surface area contributed by atoms with Crippen LogP contribution in [0.1, 0.15) is 27.2 Å². The molecule has 0 aromatic heterocycles. The fraction of sp³-hybridized carbons (Fsp3) is 0.292. The number of ether oxygens (including phenoxy) is 1. The molecule has 0 amide bonds. The lowest BCUT2D eigenvalue weighted by molar-refractivity contribution is -0.138. The molecule has 0 heterocycles. The number of rotatable bonds is 11. The largest absolute Gasteiger partial charge is 0.462 e. The molecule has 0 spiro atoms. The van der Waals surface area contributed by atoms with Crippen LogP contribution in [0, 0.1) is 5.92 Å². The van der Waals surface area contributed by atoms with Crippen LogP contribution < -0.4 is 0 Å². The highest BCUT2D eigenvalue weighted by Gasteiger charge is 2.00. The van der Waals surface area contributed by atoms with Crippen LogP contribution in [0.25, 0.3) is 0 Å². The van der Waals surface area contributed by atoms with Crippen LogP contribution in [-0.4, -0.2) is 18.3 Å². The maximum atomic E-state index is 11.5. The highest BCUT2D eigenvalue weighted by molar-refractivity contribution is 7.99. The Morgan fingerprint density at radius 1 is 1.04 bits per heavy atom. The monoisotopic (exact) mass is 382 g/mol. The van der Waals surface area contributed by atoms with Gasteiger partial charge in [0.05, 0.1) is 6.61 Å². The first-order valence-electron chi connectivity index (χ1n) is 9.27. The first kappa shape index (κ1) is 22.8. The number of hydrogen-bond donors (Lipinski definition) is 0. The molecule has 0 saturated heterocycles. The molecule has 2 nitrogen and oxygen atoms in total. The van der Waals surface area contributed by atoms with Crippen LogP contribution in [0.3, 0.4) is 0 Å². The van der Waals surface area contributed by atoms with Gasteiger partial charge in [-0.1, -0.05) is 80.7 Å². The topological polar surface area (TPSA) is 26.3 Å². The van der Waals surface area contributed by atoms with E-state index in [1.807, 2.05) is 75.1 Å². The fourth-order valence-corrected chi connectivity index (χ4v) is 2.76. The zero-order valence-corrected chi connectivity index (χ0v) is 17.3. The van der Waals surface area contributed by atoms with E-state index in [2.05, 4.69) is 36.4 Å². The van der Waals surface area contributed by atoms with Gasteiger partial charge in [-0.25, -0.2) is 4.79 Å². The SMILES string of the molecule is CC(/C=C/C=C/C=C/C=C/CCSc1ccccc1)=C\C(=O)OCC(C)C. The van der Waals surface area contributed by atoms with Crippen molar-refractivity contribution in [2.24, 2.45) is 5.92 Å². The summed E-state index contributed by atoms with van der Waals surface area (Å²) < 4.78 is 5.11.